The van der Waals surface area contributed by atoms with Crippen molar-refractivity contribution in [2.75, 3.05) is 20.7 Å². The van der Waals surface area contributed by atoms with E-state index >= 15 is 0 Å². The largest absolute Gasteiger partial charge is 0.465 e. The van der Waals surface area contributed by atoms with Crippen LogP contribution in [0.2, 0.25) is 5.02 Å². The van der Waals surface area contributed by atoms with E-state index in [-0.39, 0.29) is 17.2 Å². The molecule has 0 aliphatic heterocycles. The SMILES string of the molecule is CNC(=O)c1ccc(Cc2ccc(CCNC(=O)Oc3ccccc3C(=O)OC)cc2Cl)cn1. The van der Waals surface area contributed by atoms with Gasteiger partial charge in [-0.05, 0) is 47.4 Å². The summed E-state index contributed by atoms with van der Waals surface area (Å²) in [5.41, 5.74) is 3.32. The van der Waals surface area contributed by atoms with Crippen LogP contribution in [0.15, 0.2) is 60.8 Å². The zero-order valence-corrected chi connectivity index (χ0v) is 19.5. The highest BCUT2D eigenvalue weighted by atomic mass is 35.5. The topological polar surface area (TPSA) is 107 Å². The molecule has 0 aliphatic carbocycles. The normalized spacial score (nSPS) is 10.3. The van der Waals surface area contributed by atoms with E-state index in [1.165, 1.54) is 19.2 Å². The third-order valence-corrected chi connectivity index (χ3v) is 5.33. The molecule has 2 aromatic carbocycles. The minimum absolute atomic E-state index is 0.122. The van der Waals surface area contributed by atoms with Crippen LogP contribution >= 0.6 is 11.6 Å². The maximum atomic E-state index is 12.1. The molecule has 0 saturated heterocycles. The number of methoxy groups -OCH3 is 1. The van der Waals surface area contributed by atoms with Crippen molar-refractivity contribution >= 4 is 29.6 Å². The lowest BCUT2D eigenvalue weighted by atomic mass is 10.0. The van der Waals surface area contributed by atoms with Crippen molar-refractivity contribution in [3.63, 3.8) is 0 Å². The lowest BCUT2D eigenvalue weighted by molar-refractivity contribution is 0.0597. The maximum Gasteiger partial charge on any atom is 0.412 e. The van der Waals surface area contributed by atoms with Crippen molar-refractivity contribution in [1.29, 1.82) is 0 Å². The van der Waals surface area contributed by atoms with Gasteiger partial charge >= 0.3 is 12.1 Å². The van der Waals surface area contributed by atoms with Crippen LogP contribution in [0.4, 0.5) is 4.79 Å². The maximum absolute atomic E-state index is 12.1. The van der Waals surface area contributed by atoms with Crippen molar-refractivity contribution in [2.45, 2.75) is 12.8 Å². The fraction of sp³-hybridized carbons (Fsp3) is 0.200. The first kappa shape index (κ1) is 24.7. The molecule has 0 radical (unpaired) electrons. The quantitative estimate of drug-likeness (QED) is 0.474. The first-order chi connectivity index (χ1) is 16.4. The van der Waals surface area contributed by atoms with Crippen LogP contribution in [-0.4, -0.2) is 43.7 Å². The molecule has 176 valence electrons. The van der Waals surface area contributed by atoms with Crippen molar-refractivity contribution < 1.29 is 23.9 Å². The molecule has 0 atom stereocenters. The summed E-state index contributed by atoms with van der Waals surface area (Å²) in [6.07, 6.45) is 2.09. The number of aromatic nitrogens is 1. The molecule has 0 fully saturated rings. The monoisotopic (exact) mass is 481 g/mol. The highest BCUT2D eigenvalue weighted by molar-refractivity contribution is 6.31. The van der Waals surface area contributed by atoms with Gasteiger partial charge in [0.2, 0.25) is 0 Å². The Kier molecular flexibility index (Phi) is 8.59. The number of para-hydroxylation sites is 1. The van der Waals surface area contributed by atoms with Gasteiger partial charge in [-0.1, -0.05) is 41.9 Å². The summed E-state index contributed by atoms with van der Waals surface area (Å²) in [6.45, 7) is 0.319. The van der Waals surface area contributed by atoms with Gasteiger partial charge in [-0.3, -0.25) is 9.78 Å². The third-order valence-electron chi connectivity index (χ3n) is 4.97. The first-order valence-corrected chi connectivity index (χ1v) is 10.9. The Bertz CT molecular complexity index is 1180. The number of esters is 1. The van der Waals surface area contributed by atoms with Gasteiger partial charge in [-0.2, -0.15) is 0 Å². The van der Waals surface area contributed by atoms with Crippen LogP contribution in [0.3, 0.4) is 0 Å². The summed E-state index contributed by atoms with van der Waals surface area (Å²) < 4.78 is 9.93. The number of ether oxygens (including phenoxy) is 2. The van der Waals surface area contributed by atoms with Gasteiger partial charge in [0.15, 0.2) is 0 Å². The Morgan fingerprint density at radius 2 is 1.79 bits per heavy atom. The zero-order valence-electron chi connectivity index (χ0n) is 18.8. The second kappa shape index (κ2) is 11.8. The number of halogens is 1. The predicted molar refractivity (Wildman–Crippen MR) is 127 cm³/mol. The first-order valence-electron chi connectivity index (χ1n) is 10.5. The summed E-state index contributed by atoms with van der Waals surface area (Å²) in [7, 11) is 2.82. The van der Waals surface area contributed by atoms with E-state index in [9.17, 15) is 14.4 Å². The van der Waals surface area contributed by atoms with Gasteiger partial charge < -0.3 is 20.1 Å². The average Bonchev–Trinajstić information content (AvgIpc) is 2.85. The third kappa shape index (κ3) is 6.55. The van der Waals surface area contributed by atoms with Crippen LogP contribution in [0.1, 0.15) is 37.5 Å². The average molecular weight is 482 g/mol. The highest BCUT2D eigenvalue weighted by Crippen LogP contribution is 2.22. The summed E-state index contributed by atoms with van der Waals surface area (Å²) in [5, 5.41) is 5.79. The smallest absolute Gasteiger partial charge is 0.412 e. The fourth-order valence-electron chi connectivity index (χ4n) is 3.18. The molecule has 34 heavy (non-hydrogen) atoms. The van der Waals surface area contributed by atoms with E-state index in [1.54, 1.807) is 31.4 Å². The van der Waals surface area contributed by atoms with Gasteiger partial charge in [-0.25, -0.2) is 9.59 Å². The number of pyridine rings is 1. The Hall–Kier alpha value is -3.91. The van der Waals surface area contributed by atoms with Crippen LogP contribution in [0.25, 0.3) is 0 Å². The summed E-state index contributed by atoms with van der Waals surface area (Å²) in [6, 6.07) is 15.6. The number of carbonyl (C=O) groups excluding carboxylic acids is 3. The molecule has 0 saturated carbocycles. The van der Waals surface area contributed by atoms with E-state index in [0.29, 0.717) is 30.1 Å². The van der Waals surface area contributed by atoms with Gasteiger partial charge in [-0.15, -0.1) is 0 Å². The summed E-state index contributed by atoms with van der Waals surface area (Å²) in [5.74, 6) is -0.701. The Morgan fingerprint density at radius 1 is 1.03 bits per heavy atom. The van der Waals surface area contributed by atoms with Gasteiger partial charge in [0, 0.05) is 31.2 Å². The number of benzene rings is 2. The number of nitrogens with one attached hydrogen (secondary N) is 2. The number of amides is 2. The van der Waals surface area contributed by atoms with Gasteiger partial charge in [0.1, 0.15) is 17.0 Å². The Balaban J connectivity index is 1.53. The van der Waals surface area contributed by atoms with Crippen LogP contribution in [0, 0.1) is 0 Å². The van der Waals surface area contributed by atoms with Crippen molar-refractivity contribution in [1.82, 2.24) is 15.6 Å². The second-order valence-corrected chi connectivity index (χ2v) is 7.69. The molecule has 0 unspecified atom stereocenters. The molecule has 1 heterocycles. The van der Waals surface area contributed by atoms with E-state index in [4.69, 9.17) is 21.1 Å². The van der Waals surface area contributed by atoms with E-state index < -0.39 is 12.1 Å². The lowest BCUT2D eigenvalue weighted by Crippen LogP contribution is -2.29. The molecule has 3 aromatic rings. The van der Waals surface area contributed by atoms with Crippen molar-refractivity contribution in [3.05, 3.63) is 93.8 Å². The number of nitrogens with zero attached hydrogens (tertiary/aromatic N) is 1. The van der Waals surface area contributed by atoms with Crippen LogP contribution < -0.4 is 15.4 Å². The number of hydrogen-bond acceptors (Lipinski definition) is 6. The molecule has 2 N–H and O–H groups in total. The predicted octanol–water partition coefficient (Wildman–Crippen LogP) is 3.80. The lowest BCUT2D eigenvalue weighted by Gasteiger charge is -2.10. The summed E-state index contributed by atoms with van der Waals surface area (Å²) in [4.78, 5) is 39.7. The molecular weight excluding hydrogens is 458 g/mol. The highest BCUT2D eigenvalue weighted by Gasteiger charge is 2.15. The molecule has 2 amide bonds. The molecule has 0 spiro atoms. The molecule has 8 nitrogen and oxygen atoms in total. The van der Waals surface area contributed by atoms with Crippen LogP contribution in [0.5, 0.6) is 5.75 Å². The minimum Gasteiger partial charge on any atom is -0.465 e. The zero-order chi connectivity index (χ0) is 24.5. The standard InChI is InChI=1S/C25H24ClN3O5/c1-27-23(30)21-10-8-17(15-29-21)13-18-9-7-16(14-20(18)26)11-12-28-25(32)34-22-6-4-3-5-19(22)24(31)33-2/h3-10,14-15H,11-13H2,1-2H3,(H,27,30)(H,28,32). The Labute approximate surface area is 202 Å². The van der Waals surface area contributed by atoms with Crippen molar-refractivity contribution in [2.24, 2.45) is 0 Å². The van der Waals surface area contributed by atoms with E-state index in [2.05, 4.69) is 15.6 Å². The van der Waals surface area contributed by atoms with Crippen LogP contribution in [-0.2, 0) is 17.6 Å². The van der Waals surface area contributed by atoms with Gasteiger partial charge in [0.25, 0.3) is 5.91 Å². The molecular formula is C25H24ClN3O5. The fourth-order valence-corrected chi connectivity index (χ4v) is 3.45. The van der Waals surface area contributed by atoms with E-state index in [1.807, 2.05) is 24.3 Å². The number of rotatable bonds is 8. The number of hydrogen-bond donors (Lipinski definition) is 2. The van der Waals surface area contributed by atoms with Gasteiger partial charge in [0.05, 0.1) is 7.11 Å². The van der Waals surface area contributed by atoms with Crippen molar-refractivity contribution in [3.8, 4) is 5.75 Å². The molecule has 3 rings (SSSR count). The molecule has 0 bridgehead atoms. The molecule has 9 heteroatoms. The van der Waals surface area contributed by atoms with E-state index in [0.717, 1.165) is 16.7 Å². The molecule has 0 aliphatic rings. The second-order valence-electron chi connectivity index (χ2n) is 7.29. The Morgan fingerprint density at radius 3 is 2.47 bits per heavy atom. The summed E-state index contributed by atoms with van der Waals surface area (Å²) >= 11 is 6.45. The molecule has 1 aromatic heterocycles. The minimum atomic E-state index is -0.674. The number of carbonyl (C=O) groups is 3.